The van der Waals surface area contributed by atoms with Crippen LogP contribution in [0.2, 0.25) is 0 Å². The smallest absolute Gasteiger partial charge is 0.00999 e. The molecule has 0 radical (unpaired) electrons. The third-order valence-corrected chi connectivity index (χ3v) is 3.13. The summed E-state index contributed by atoms with van der Waals surface area (Å²) in [5, 5.41) is 0. The van der Waals surface area contributed by atoms with Gasteiger partial charge >= 0.3 is 0 Å². The molecule has 0 amide bonds. The zero-order valence-electron chi connectivity index (χ0n) is 11.5. The average Bonchev–Trinajstić information content (AvgIpc) is 2.34. The fourth-order valence-corrected chi connectivity index (χ4v) is 2.17. The van der Waals surface area contributed by atoms with E-state index in [1.54, 1.807) is 0 Å². The quantitative estimate of drug-likeness (QED) is 0.545. The van der Waals surface area contributed by atoms with E-state index >= 15 is 0 Å². The van der Waals surface area contributed by atoms with Crippen molar-refractivity contribution in [1.82, 2.24) is 0 Å². The summed E-state index contributed by atoms with van der Waals surface area (Å²) in [6.07, 6.45) is 10.6. The average molecular weight is 230 g/mol. The SMILES string of the molecule is C=CCc1cc(CCCC)cc(CCCC)c1. The molecular formula is C17H26. The second kappa shape index (κ2) is 8.11. The molecule has 0 saturated heterocycles. The molecule has 1 aromatic rings. The largest absolute Gasteiger partial charge is 0.103 e. The summed E-state index contributed by atoms with van der Waals surface area (Å²) >= 11 is 0. The van der Waals surface area contributed by atoms with Gasteiger partial charge < -0.3 is 0 Å². The number of rotatable bonds is 8. The van der Waals surface area contributed by atoms with Crippen molar-refractivity contribution in [2.24, 2.45) is 0 Å². The van der Waals surface area contributed by atoms with Gasteiger partial charge in [0.15, 0.2) is 0 Å². The van der Waals surface area contributed by atoms with Gasteiger partial charge in [-0.25, -0.2) is 0 Å². The summed E-state index contributed by atoms with van der Waals surface area (Å²) in [6.45, 7) is 8.35. The van der Waals surface area contributed by atoms with E-state index in [2.05, 4.69) is 38.6 Å². The van der Waals surface area contributed by atoms with E-state index in [0.29, 0.717) is 0 Å². The van der Waals surface area contributed by atoms with Crippen molar-refractivity contribution in [2.75, 3.05) is 0 Å². The first-order valence-corrected chi connectivity index (χ1v) is 7.02. The Morgan fingerprint density at radius 2 is 1.35 bits per heavy atom. The van der Waals surface area contributed by atoms with Crippen LogP contribution >= 0.6 is 0 Å². The second-order valence-corrected chi connectivity index (χ2v) is 4.86. The first-order valence-electron chi connectivity index (χ1n) is 7.02. The predicted molar refractivity (Wildman–Crippen MR) is 77.6 cm³/mol. The molecule has 0 aromatic heterocycles. The molecule has 0 N–H and O–H groups in total. The lowest BCUT2D eigenvalue weighted by atomic mass is 9.97. The molecule has 94 valence electrons. The van der Waals surface area contributed by atoms with Crippen LogP contribution in [0, 0.1) is 0 Å². The zero-order chi connectivity index (χ0) is 12.5. The molecule has 1 rings (SSSR count). The van der Waals surface area contributed by atoms with E-state index in [0.717, 1.165) is 6.42 Å². The lowest BCUT2D eigenvalue weighted by Gasteiger charge is -2.08. The molecule has 0 atom stereocenters. The summed E-state index contributed by atoms with van der Waals surface area (Å²) in [4.78, 5) is 0. The van der Waals surface area contributed by atoms with Crippen LogP contribution in [0.4, 0.5) is 0 Å². The van der Waals surface area contributed by atoms with E-state index in [4.69, 9.17) is 0 Å². The summed E-state index contributed by atoms with van der Waals surface area (Å²) in [5.41, 5.74) is 4.45. The lowest BCUT2D eigenvalue weighted by Crippen LogP contribution is -1.94. The summed E-state index contributed by atoms with van der Waals surface area (Å²) in [5.74, 6) is 0. The first kappa shape index (κ1) is 14.0. The fourth-order valence-electron chi connectivity index (χ4n) is 2.17. The van der Waals surface area contributed by atoms with Gasteiger partial charge in [-0.1, -0.05) is 51.0 Å². The Labute approximate surface area is 107 Å². The molecule has 0 fully saturated rings. The highest BCUT2D eigenvalue weighted by atomic mass is 14.1. The molecule has 0 heterocycles. The Balaban J connectivity index is 2.79. The molecule has 0 spiro atoms. The number of hydrogen-bond donors (Lipinski definition) is 0. The van der Waals surface area contributed by atoms with E-state index in [1.807, 2.05) is 6.08 Å². The highest BCUT2D eigenvalue weighted by molar-refractivity contribution is 5.31. The molecule has 0 aliphatic carbocycles. The topological polar surface area (TPSA) is 0 Å². The Hall–Kier alpha value is -1.04. The van der Waals surface area contributed by atoms with Crippen molar-refractivity contribution in [3.05, 3.63) is 47.5 Å². The van der Waals surface area contributed by atoms with E-state index < -0.39 is 0 Å². The van der Waals surface area contributed by atoms with Crippen molar-refractivity contribution >= 4 is 0 Å². The molecule has 0 unspecified atom stereocenters. The standard InChI is InChI=1S/C17H26/c1-4-7-10-16-12-15(9-6-3)13-17(14-16)11-8-5-2/h6,12-14H,3-5,7-11H2,1-2H3. The van der Waals surface area contributed by atoms with Crippen LogP contribution in [0.25, 0.3) is 0 Å². The van der Waals surface area contributed by atoms with Crippen LogP contribution in [0.15, 0.2) is 30.9 Å². The molecule has 0 bridgehead atoms. The molecule has 0 aliphatic heterocycles. The number of aryl methyl sites for hydroxylation is 2. The van der Waals surface area contributed by atoms with Gasteiger partial charge in [0.1, 0.15) is 0 Å². The van der Waals surface area contributed by atoms with Crippen LogP contribution in [-0.2, 0) is 19.3 Å². The summed E-state index contributed by atoms with van der Waals surface area (Å²) in [7, 11) is 0. The van der Waals surface area contributed by atoms with Crippen LogP contribution in [0.1, 0.15) is 56.2 Å². The minimum atomic E-state index is 0.999. The monoisotopic (exact) mass is 230 g/mol. The highest BCUT2D eigenvalue weighted by Gasteiger charge is 2.00. The predicted octanol–water partition coefficient (Wildman–Crippen LogP) is 5.10. The van der Waals surface area contributed by atoms with Crippen molar-refractivity contribution < 1.29 is 0 Å². The maximum Gasteiger partial charge on any atom is -0.00999 e. The normalized spacial score (nSPS) is 10.5. The van der Waals surface area contributed by atoms with E-state index in [9.17, 15) is 0 Å². The lowest BCUT2D eigenvalue weighted by molar-refractivity contribution is 0.779. The number of benzene rings is 1. The highest BCUT2D eigenvalue weighted by Crippen LogP contribution is 2.16. The van der Waals surface area contributed by atoms with Gasteiger partial charge in [0.05, 0.1) is 0 Å². The Morgan fingerprint density at radius 1 is 0.882 bits per heavy atom. The molecular weight excluding hydrogens is 204 g/mol. The fraction of sp³-hybridized carbons (Fsp3) is 0.529. The Bertz CT molecular complexity index is 310. The summed E-state index contributed by atoms with van der Waals surface area (Å²) < 4.78 is 0. The van der Waals surface area contributed by atoms with Crippen LogP contribution in [-0.4, -0.2) is 0 Å². The molecule has 0 aliphatic rings. The third-order valence-electron chi connectivity index (χ3n) is 3.13. The van der Waals surface area contributed by atoms with Gasteiger partial charge in [-0.3, -0.25) is 0 Å². The molecule has 17 heavy (non-hydrogen) atoms. The number of hydrogen-bond acceptors (Lipinski definition) is 0. The molecule has 0 heteroatoms. The van der Waals surface area contributed by atoms with Crippen LogP contribution in [0.3, 0.4) is 0 Å². The minimum absolute atomic E-state index is 0.999. The van der Waals surface area contributed by atoms with Crippen molar-refractivity contribution in [2.45, 2.75) is 58.8 Å². The van der Waals surface area contributed by atoms with Gasteiger partial charge in [0, 0.05) is 0 Å². The van der Waals surface area contributed by atoms with Gasteiger partial charge in [0.2, 0.25) is 0 Å². The van der Waals surface area contributed by atoms with Gasteiger partial charge in [-0.2, -0.15) is 0 Å². The van der Waals surface area contributed by atoms with E-state index in [-0.39, 0.29) is 0 Å². The van der Waals surface area contributed by atoms with Gasteiger partial charge in [0.25, 0.3) is 0 Å². The molecule has 0 nitrogen and oxygen atoms in total. The maximum absolute atomic E-state index is 3.84. The van der Waals surface area contributed by atoms with Gasteiger partial charge in [-0.15, -0.1) is 6.58 Å². The number of allylic oxidation sites excluding steroid dienone is 1. The minimum Gasteiger partial charge on any atom is -0.103 e. The zero-order valence-corrected chi connectivity index (χ0v) is 11.5. The first-order chi connectivity index (χ1) is 8.30. The van der Waals surface area contributed by atoms with Crippen molar-refractivity contribution in [1.29, 1.82) is 0 Å². The van der Waals surface area contributed by atoms with E-state index in [1.165, 1.54) is 55.2 Å². The van der Waals surface area contributed by atoms with Crippen molar-refractivity contribution in [3.8, 4) is 0 Å². The molecule has 1 aromatic carbocycles. The maximum atomic E-state index is 3.84. The Morgan fingerprint density at radius 3 is 1.76 bits per heavy atom. The van der Waals surface area contributed by atoms with Gasteiger partial charge in [-0.05, 0) is 48.8 Å². The molecule has 0 saturated carbocycles. The van der Waals surface area contributed by atoms with Crippen LogP contribution in [0.5, 0.6) is 0 Å². The third kappa shape index (κ3) is 5.21. The van der Waals surface area contributed by atoms with Crippen LogP contribution < -0.4 is 0 Å². The second-order valence-electron chi connectivity index (χ2n) is 4.86. The Kier molecular flexibility index (Phi) is 6.69. The summed E-state index contributed by atoms with van der Waals surface area (Å²) in [6, 6.07) is 7.11. The number of unbranched alkanes of at least 4 members (excludes halogenated alkanes) is 2. The van der Waals surface area contributed by atoms with Crippen molar-refractivity contribution in [3.63, 3.8) is 0 Å².